The van der Waals surface area contributed by atoms with Gasteiger partial charge in [-0.1, -0.05) is 6.07 Å². The van der Waals surface area contributed by atoms with Crippen LogP contribution in [0, 0.1) is 0 Å². The predicted molar refractivity (Wildman–Crippen MR) is 58.3 cm³/mol. The maximum absolute atomic E-state index is 5.36. The predicted octanol–water partition coefficient (Wildman–Crippen LogP) is 2.74. The van der Waals surface area contributed by atoms with E-state index in [1.165, 1.54) is 5.56 Å². The molecule has 0 atom stereocenters. The van der Waals surface area contributed by atoms with Crippen molar-refractivity contribution in [3.05, 3.63) is 28.2 Å². The molecule has 72 valence electrons. The summed E-state index contributed by atoms with van der Waals surface area (Å²) >= 11 is 8.78. The second kappa shape index (κ2) is 5.47. The third kappa shape index (κ3) is 3.18. The number of hydrogen-bond acceptors (Lipinski definition) is 2. The van der Waals surface area contributed by atoms with E-state index in [4.69, 9.17) is 16.5 Å². The first-order chi connectivity index (χ1) is 6.27. The van der Waals surface area contributed by atoms with Crippen molar-refractivity contribution in [2.75, 3.05) is 13.7 Å². The summed E-state index contributed by atoms with van der Waals surface area (Å²) in [4.78, 5) is 2.59. The maximum atomic E-state index is 5.36. The van der Waals surface area contributed by atoms with Gasteiger partial charge in [0.25, 0.3) is 0 Å². The average Bonchev–Trinajstić information content (AvgIpc) is 2.15. The monoisotopic (exact) mass is 263 g/mol. The molecule has 0 aromatic heterocycles. The van der Waals surface area contributed by atoms with Crippen LogP contribution in [0.15, 0.2) is 22.7 Å². The molecule has 0 aliphatic rings. The van der Waals surface area contributed by atoms with Crippen molar-refractivity contribution in [3.63, 3.8) is 0 Å². The molecule has 4 heteroatoms. The molecule has 0 saturated heterocycles. The van der Waals surface area contributed by atoms with Crippen LogP contribution in [0.3, 0.4) is 0 Å². The van der Waals surface area contributed by atoms with Crippen LogP contribution in [0.1, 0.15) is 5.56 Å². The Morgan fingerprint density at radius 3 is 2.85 bits per heavy atom. The number of benzene rings is 1. The summed E-state index contributed by atoms with van der Waals surface area (Å²) in [6.07, 6.45) is 0.909. The fourth-order valence-corrected chi connectivity index (χ4v) is 1.74. The van der Waals surface area contributed by atoms with Gasteiger partial charge in [0.2, 0.25) is 0 Å². The van der Waals surface area contributed by atoms with Crippen LogP contribution in [0.2, 0.25) is 0 Å². The normalized spacial score (nSPS) is 10.1. The Bertz CT molecular complexity index is 280. The van der Waals surface area contributed by atoms with Gasteiger partial charge in [-0.15, -0.1) is 0 Å². The Morgan fingerprint density at radius 1 is 1.54 bits per heavy atom. The zero-order valence-electron chi connectivity index (χ0n) is 7.31. The molecule has 2 nitrogen and oxygen atoms in total. The lowest BCUT2D eigenvalue weighted by Gasteiger charge is -2.05. The van der Waals surface area contributed by atoms with Crippen LogP contribution in [0.25, 0.3) is 0 Å². The van der Waals surface area contributed by atoms with Gasteiger partial charge in [-0.2, -0.15) is 0 Å². The number of halogens is 2. The molecular formula is C9H11BrClNO. The summed E-state index contributed by atoms with van der Waals surface area (Å²) < 4.78 is 6.09. The van der Waals surface area contributed by atoms with Gasteiger partial charge in [0.05, 0.1) is 11.6 Å². The Balaban J connectivity index is 2.71. The minimum atomic E-state index is 0.764. The van der Waals surface area contributed by atoms with Gasteiger partial charge in [0.15, 0.2) is 0 Å². The topological polar surface area (TPSA) is 21.3 Å². The Labute approximate surface area is 91.5 Å². The molecule has 0 amide bonds. The van der Waals surface area contributed by atoms with Crippen LogP contribution in [-0.2, 0) is 6.42 Å². The van der Waals surface area contributed by atoms with Crippen LogP contribution in [-0.4, -0.2) is 13.7 Å². The van der Waals surface area contributed by atoms with Crippen molar-refractivity contribution < 1.29 is 4.74 Å². The minimum Gasteiger partial charge on any atom is -0.496 e. The Hall–Kier alpha value is -0.250. The second-order valence-corrected chi connectivity index (χ2v) is 3.72. The number of ether oxygens (including phenoxy) is 1. The molecule has 1 aromatic carbocycles. The van der Waals surface area contributed by atoms with E-state index < -0.39 is 0 Å². The summed E-state index contributed by atoms with van der Waals surface area (Å²) in [7, 11) is 1.65. The van der Waals surface area contributed by atoms with Gasteiger partial charge in [0.1, 0.15) is 5.75 Å². The van der Waals surface area contributed by atoms with E-state index in [0.717, 1.165) is 23.2 Å². The number of nitrogens with one attached hydrogen (secondary N) is 1. The Morgan fingerprint density at radius 2 is 2.31 bits per heavy atom. The van der Waals surface area contributed by atoms with Crippen LogP contribution in [0.5, 0.6) is 5.75 Å². The zero-order valence-corrected chi connectivity index (χ0v) is 9.65. The zero-order chi connectivity index (χ0) is 9.68. The van der Waals surface area contributed by atoms with E-state index >= 15 is 0 Å². The van der Waals surface area contributed by atoms with Crippen molar-refractivity contribution in [3.8, 4) is 5.75 Å². The van der Waals surface area contributed by atoms with E-state index in [1.807, 2.05) is 18.2 Å². The maximum Gasteiger partial charge on any atom is 0.133 e. The van der Waals surface area contributed by atoms with E-state index in [-0.39, 0.29) is 0 Å². The molecule has 0 saturated carbocycles. The molecule has 0 radical (unpaired) electrons. The first-order valence-corrected chi connectivity index (χ1v) is 5.11. The van der Waals surface area contributed by atoms with E-state index in [9.17, 15) is 0 Å². The fraction of sp³-hybridized carbons (Fsp3) is 0.333. The standard InChI is InChI=1S/C9H11BrClNO/c1-13-9-3-2-7(4-5-12-11)6-8(9)10/h2-3,6,12H,4-5H2,1H3. The summed E-state index contributed by atoms with van der Waals surface area (Å²) in [5.41, 5.74) is 1.22. The average molecular weight is 265 g/mol. The van der Waals surface area contributed by atoms with Gasteiger partial charge in [-0.25, -0.2) is 4.84 Å². The summed E-state index contributed by atoms with van der Waals surface area (Å²) in [5, 5.41) is 0. The lowest BCUT2D eigenvalue weighted by atomic mass is 10.1. The summed E-state index contributed by atoms with van der Waals surface area (Å²) in [6.45, 7) is 0.764. The van der Waals surface area contributed by atoms with Crippen molar-refractivity contribution in [2.45, 2.75) is 6.42 Å². The van der Waals surface area contributed by atoms with Gasteiger partial charge < -0.3 is 4.74 Å². The smallest absolute Gasteiger partial charge is 0.133 e. The van der Waals surface area contributed by atoms with Crippen LogP contribution < -0.4 is 9.57 Å². The van der Waals surface area contributed by atoms with E-state index in [1.54, 1.807) is 7.11 Å². The van der Waals surface area contributed by atoms with E-state index in [0.29, 0.717) is 0 Å². The molecule has 0 fully saturated rings. The largest absolute Gasteiger partial charge is 0.496 e. The molecule has 0 bridgehead atoms. The van der Waals surface area contributed by atoms with Crippen molar-refractivity contribution >= 4 is 27.7 Å². The van der Waals surface area contributed by atoms with Gasteiger partial charge in [0, 0.05) is 6.54 Å². The van der Waals surface area contributed by atoms with E-state index in [2.05, 4.69) is 20.8 Å². The van der Waals surface area contributed by atoms with Crippen molar-refractivity contribution in [2.24, 2.45) is 0 Å². The highest BCUT2D eigenvalue weighted by atomic mass is 79.9. The molecule has 0 aliphatic carbocycles. The number of methoxy groups -OCH3 is 1. The summed E-state index contributed by atoms with van der Waals surface area (Å²) in [5.74, 6) is 0.850. The van der Waals surface area contributed by atoms with Crippen LogP contribution in [0.4, 0.5) is 0 Å². The van der Waals surface area contributed by atoms with Crippen molar-refractivity contribution in [1.82, 2.24) is 4.84 Å². The molecule has 0 spiro atoms. The van der Waals surface area contributed by atoms with Gasteiger partial charge in [-0.05, 0) is 51.8 Å². The third-order valence-corrected chi connectivity index (χ3v) is 2.53. The van der Waals surface area contributed by atoms with Crippen molar-refractivity contribution in [1.29, 1.82) is 0 Å². The van der Waals surface area contributed by atoms with Gasteiger partial charge in [-0.3, -0.25) is 0 Å². The summed E-state index contributed by atoms with van der Waals surface area (Å²) in [6, 6.07) is 6.00. The SMILES string of the molecule is COc1ccc(CCNCl)cc1Br. The molecule has 0 unspecified atom stereocenters. The molecule has 0 aliphatic heterocycles. The number of hydrogen-bond donors (Lipinski definition) is 1. The molecule has 1 rings (SSSR count). The lowest BCUT2D eigenvalue weighted by Crippen LogP contribution is -2.04. The third-order valence-electron chi connectivity index (χ3n) is 1.72. The first kappa shape index (κ1) is 10.8. The molecule has 0 heterocycles. The highest BCUT2D eigenvalue weighted by Crippen LogP contribution is 2.25. The highest BCUT2D eigenvalue weighted by molar-refractivity contribution is 9.10. The molecule has 13 heavy (non-hydrogen) atoms. The fourth-order valence-electron chi connectivity index (χ4n) is 1.06. The minimum absolute atomic E-state index is 0.764. The number of rotatable bonds is 4. The quantitative estimate of drug-likeness (QED) is 0.845. The van der Waals surface area contributed by atoms with Gasteiger partial charge >= 0.3 is 0 Å². The first-order valence-electron chi connectivity index (χ1n) is 3.94. The van der Waals surface area contributed by atoms with Crippen LogP contribution >= 0.6 is 27.7 Å². The second-order valence-electron chi connectivity index (χ2n) is 2.60. The molecular weight excluding hydrogens is 253 g/mol. The molecule has 1 aromatic rings. The highest BCUT2D eigenvalue weighted by Gasteiger charge is 2.00. The molecule has 1 N–H and O–H groups in total. The Kier molecular flexibility index (Phi) is 4.56. The lowest BCUT2D eigenvalue weighted by molar-refractivity contribution is 0.412.